The van der Waals surface area contributed by atoms with Crippen molar-refractivity contribution in [2.75, 3.05) is 18.5 Å². The number of nitrogens with one attached hydrogen (secondary N) is 3. The van der Waals surface area contributed by atoms with Crippen LogP contribution in [0.5, 0.6) is 0 Å². The summed E-state index contributed by atoms with van der Waals surface area (Å²) in [6, 6.07) is 7.88. The van der Waals surface area contributed by atoms with Gasteiger partial charge in [0, 0.05) is 8.96 Å². The van der Waals surface area contributed by atoms with Gasteiger partial charge in [0.1, 0.15) is 18.5 Å². The fourth-order valence-corrected chi connectivity index (χ4v) is 2.83. The molecule has 0 saturated carbocycles. The molecule has 0 unspecified atom stereocenters. The van der Waals surface area contributed by atoms with E-state index in [1.807, 2.05) is 22.6 Å². The van der Waals surface area contributed by atoms with E-state index in [4.69, 9.17) is 9.94 Å². The number of hydrogen-bond donors (Lipinski definition) is 5. The number of rotatable bonds is 7. The summed E-state index contributed by atoms with van der Waals surface area (Å²) in [7, 11) is 0. The van der Waals surface area contributed by atoms with Crippen LogP contribution in [-0.2, 0) is 4.84 Å². The molecule has 2 aromatic carbocycles. The Bertz CT molecular complexity index is 965. The lowest BCUT2D eigenvalue weighted by molar-refractivity contribution is -0.0295. The number of H-pyrrole nitrogens is 1. The van der Waals surface area contributed by atoms with Crippen molar-refractivity contribution in [3.8, 4) is 0 Å². The molecule has 142 valence electrons. The Labute approximate surface area is 166 Å². The van der Waals surface area contributed by atoms with Crippen molar-refractivity contribution in [1.82, 2.24) is 15.7 Å². The summed E-state index contributed by atoms with van der Waals surface area (Å²) in [6.07, 6.45) is 0.412. The van der Waals surface area contributed by atoms with Gasteiger partial charge < -0.3 is 15.5 Å². The predicted molar refractivity (Wildman–Crippen MR) is 105 cm³/mol. The van der Waals surface area contributed by atoms with Crippen LogP contribution in [0.4, 0.5) is 15.8 Å². The molecule has 0 spiro atoms. The largest absolute Gasteiger partial charge is 0.394 e. The highest BCUT2D eigenvalue weighted by Gasteiger charge is 2.18. The number of carbonyl (C=O) groups is 1. The van der Waals surface area contributed by atoms with Crippen molar-refractivity contribution in [2.24, 2.45) is 0 Å². The number of aromatic amines is 1. The maximum absolute atomic E-state index is 14.3. The van der Waals surface area contributed by atoms with Gasteiger partial charge in [-0.1, -0.05) is 0 Å². The van der Waals surface area contributed by atoms with E-state index in [2.05, 4.69) is 21.0 Å². The number of nitrogens with zero attached hydrogens (tertiary/aromatic N) is 1. The highest BCUT2D eigenvalue weighted by atomic mass is 127. The van der Waals surface area contributed by atoms with E-state index in [-0.39, 0.29) is 17.9 Å². The maximum atomic E-state index is 14.3. The van der Waals surface area contributed by atoms with Crippen molar-refractivity contribution in [3.05, 3.63) is 51.5 Å². The molecule has 1 amide bonds. The number of amides is 1. The van der Waals surface area contributed by atoms with E-state index in [1.165, 1.54) is 18.3 Å². The Morgan fingerprint density at radius 3 is 2.93 bits per heavy atom. The zero-order valence-corrected chi connectivity index (χ0v) is 16.0. The number of hydrogen-bond acceptors (Lipinski definition) is 6. The molecule has 0 saturated heterocycles. The summed E-state index contributed by atoms with van der Waals surface area (Å²) in [5, 5.41) is 28.3. The summed E-state index contributed by atoms with van der Waals surface area (Å²) in [4.78, 5) is 17.4. The SMILES string of the molecule is O=C(NOC[C@H](O)CO)c1ccc2[nH]ncc2c1Nc1ccc(I)cc1F. The molecule has 0 aliphatic carbocycles. The van der Waals surface area contributed by atoms with Gasteiger partial charge >= 0.3 is 0 Å². The molecule has 27 heavy (non-hydrogen) atoms. The van der Waals surface area contributed by atoms with Crippen LogP contribution < -0.4 is 10.8 Å². The van der Waals surface area contributed by atoms with E-state index in [9.17, 15) is 14.3 Å². The topological polar surface area (TPSA) is 120 Å². The molecule has 3 aromatic rings. The van der Waals surface area contributed by atoms with Crippen LogP contribution in [0.1, 0.15) is 10.4 Å². The standard InChI is InChI=1S/C17H16FIN4O4/c18-13-5-9(19)1-3-15(13)21-16-11(2-4-14-12(16)6-20-22-14)17(26)23-27-8-10(25)7-24/h1-6,10,21,24-25H,7-8H2,(H,20,22)(H,23,26)/t10-/m1/s1. The summed E-state index contributed by atoms with van der Waals surface area (Å²) in [6.45, 7) is -0.763. The highest BCUT2D eigenvalue weighted by molar-refractivity contribution is 14.1. The first kappa shape index (κ1) is 19.5. The number of aromatic nitrogens is 2. The normalized spacial score (nSPS) is 12.1. The van der Waals surface area contributed by atoms with Gasteiger partial charge in [-0.2, -0.15) is 5.10 Å². The molecular formula is C17H16FIN4O4. The molecule has 5 N–H and O–H groups in total. The predicted octanol–water partition coefficient (Wildman–Crippen LogP) is 2.06. The fourth-order valence-electron chi connectivity index (χ4n) is 2.38. The van der Waals surface area contributed by atoms with Crippen molar-refractivity contribution < 1.29 is 24.2 Å². The zero-order valence-electron chi connectivity index (χ0n) is 13.9. The maximum Gasteiger partial charge on any atom is 0.276 e. The Kier molecular flexibility index (Phi) is 6.21. The molecule has 0 radical (unpaired) electrons. The van der Waals surface area contributed by atoms with E-state index >= 15 is 0 Å². The Balaban J connectivity index is 1.91. The van der Waals surface area contributed by atoms with Crippen LogP contribution in [0.25, 0.3) is 10.9 Å². The minimum absolute atomic E-state index is 0.195. The van der Waals surface area contributed by atoms with Crippen LogP contribution >= 0.6 is 22.6 Å². The lowest BCUT2D eigenvalue weighted by Crippen LogP contribution is -2.30. The lowest BCUT2D eigenvalue weighted by atomic mass is 10.1. The zero-order chi connectivity index (χ0) is 19.4. The molecule has 1 aromatic heterocycles. The fraction of sp³-hybridized carbons (Fsp3) is 0.176. The molecule has 8 nitrogen and oxygen atoms in total. The van der Waals surface area contributed by atoms with Crippen LogP contribution in [-0.4, -0.2) is 45.6 Å². The summed E-state index contributed by atoms with van der Waals surface area (Å²) in [5.74, 6) is -1.06. The average Bonchev–Trinajstić information content (AvgIpc) is 3.12. The molecule has 10 heteroatoms. The van der Waals surface area contributed by atoms with Gasteiger partial charge in [-0.05, 0) is 52.9 Å². The molecule has 1 heterocycles. The number of aliphatic hydroxyl groups is 2. The molecule has 3 rings (SSSR count). The summed E-state index contributed by atoms with van der Waals surface area (Å²) in [5.41, 5.74) is 3.61. The highest BCUT2D eigenvalue weighted by Crippen LogP contribution is 2.31. The quantitative estimate of drug-likeness (QED) is 0.258. The number of fused-ring (bicyclic) bond motifs is 1. The van der Waals surface area contributed by atoms with Gasteiger partial charge in [0.25, 0.3) is 5.91 Å². The number of carbonyl (C=O) groups excluding carboxylic acids is 1. The molecule has 0 bridgehead atoms. The first-order valence-corrected chi connectivity index (χ1v) is 8.96. The summed E-state index contributed by atoms with van der Waals surface area (Å²) < 4.78 is 15.0. The average molecular weight is 486 g/mol. The number of aliphatic hydroxyl groups excluding tert-OH is 2. The number of benzene rings is 2. The van der Waals surface area contributed by atoms with Crippen LogP contribution in [0, 0.1) is 9.39 Å². The van der Waals surface area contributed by atoms with Crippen LogP contribution in [0.2, 0.25) is 0 Å². The van der Waals surface area contributed by atoms with Gasteiger partial charge in [0.05, 0.1) is 35.3 Å². The van der Waals surface area contributed by atoms with Crippen LogP contribution in [0.15, 0.2) is 36.5 Å². The number of hydroxylamine groups is 1. The smallest absolute Gasteiger partial charge is 0.276 e. The molecule has 0 aliphatic heterocycles. The first-order valence-electron chi connectivity index (χ1n) is 7.89. The Hall–Kier alpha value is -2.28. The summed E-state index contributed by atoms with van der Waals surface area (Å²) >= 11 is 2.01. The van der Waals surface area contributed by atoms with Gasteiger partial charge in [-0.15, -0.1) is 0 Å². The van der Waals surface area contributed by atoms with E-state index < -0.39 is 24.4 Å². The third-order valence-corrected chi connectivity index (χ3v) is 4.38. The second-order valence-corrected chi connectivity index (χ2v) is 6.89. The van der Waals surface area contributed by atoms with Crippen molar-refractivity contribution in [3.63, 3.8) is 0 Å². The Morgan fingerprint density at radius 1 is 1.37 bits per heavy atom. The minimum atomic E-state index is -1.11. The van der Waals surface area contributed by atoms with Gasteiger partial charge in [0.15, 0.2) is 0 Å². The first-order chi connectivity index (χ1) is 13.0. The van der Waals surface area contributed by atoms with E-state index in [0.29, 0.717) is 16.6 Å². The lowest BCUT2D eigenvalue weighted by Gasteiger charge is -2.15. The van der Waals surface area contributed by atoms with Crippen LogP contribution in [0.3, 0.4) is 0 Å². The van der Waals surface area contributed by atoms with E-state index in [0.717, 1.165) is 3.57 Å². The van der Waals surface area contributed by atoms with Crippen molar-refractivity contribution in [2.45, 2.75) is 6.10 Å². The monoisotopic (exact) mass is 486 g/mol. The second-order valence-electron chi connectivity index (χ2n) is 5.65. The van der Waals surface area contributed by atoms with Crippen molar-refractivity contribution >= 4 is 50.8 Å². The molecular weight excluding hydrogens is 470 g/mol. The van der Waals surface area contributed by atoms with Gasteiger partial charge in [0.2, 0.25) is 0 Å². The molecule has 1 atom stereocenters. The van der Waals surface area contributed by atoms with E-state index in [1.54, 1.807) is 18.2 Å². The molecule has 0 aliphatic rings. The molecule has 0 fully saturated rings. The number of halogens is 2. The second kappa shape index (κ2) is 8.61. The third-order valence-electron chi connectivity index (χ3n) is 3.71. The minimum Gasteiger partial charge on any atom is -0.394 e. The van der Waals surface area contributed by atoms with Gasteiger partial charge in [-0.3, -0.25) is 14.7 Å². The number of anilines is 2. The van der Waals surface area contributed by atoms with Gasteiger partial charge in [-0.25, -0.2) is 9.87 Å². The Morgan fingerprint density at radius 2 is 2.19 bits per heavy atom. The van der Waals surface area contributed by atoms with Crippen molar-refractivity contribution in [1.29, 1.82) is 0 Å². The third kappa shape index (κ3) is 4.53.